The highest BCUT2D eigenvalue weighted by Gasteiger charge is 2.12. The predicted octanol–water partition coefficient (Wildman–Crippen LogP) is 2.10. The van der Waals surface area contributed by atoms with Crippen molar-refractivity contribution in [3.8, 4) is 5.82 Å². The zero-order valence-electron chi connectivity index (χ0n) is 11.4. The Labute approximate surface area is 112 Å². The first-order chi connectivity index (χ1) is 9.10. The molecule has 5 heteroatoms. The number of carbonyl (C=O) groups excluding carboxylic acids is 1. The van der Waals surface area contributed by atoms with Crippen molar-refractivity contribution in [2.45, 2.75) is 33.2 Å². The van der Waals surface area contributed by atoms with Gasteiger partial charge in [0.25, 0.3) is 5.91 Å². The van der Waals surface area contributed by atoms with Gasteiger partial charge >= 0.3 is 0 Å². The number of aryl methyl sites for hydroxylation is 1. The average Bonchev–Trinajstić information content (AvgIpc) is 2.88. The molecule has 0 fully saturated rings. The summed E-state index contributed by atoms with van der Waals surface area (Å²) in [6.45, 7) is 5.92. The topological polar surface area (TPSA) is 59.8 Å². The van der Waals surface area contributed by atoms with Crippen LogP contribution in [0.4, 0.5) is 0 Å². The Balaban J connectivity index is 2.17. The molecule has 1 atom stereocenters. The molecule has 0 unspecified atom stereocenters. The Morgan fingerprint density at radius 1 is 1.47 bits per heavy atom. The van der Waals surface area contributed by atoms with Gasteiger partial charge in [0.15, 0.2) is 0 Å². The predicted molar refractivity (Wildman–Crippen MR) is 73.3 cm³/mol. The van der Waals surface area contributed by atoms with Crippen LogP contribution in [0.3, 0.4) is 0 Å². The first kappa shape index (κ1) is 13.3. The fraction of sp³-hybridized carbons (Fsp3) is 0.357. The van der Waals surface area contributed by atoms with E-state index in [4.69, 9.17) is 0 Å². The zero-order chi connectivity index (χ0) is 13.8. The zero-order valence-corrected chi connectivity index (χ0v) is 11.4. The maximum atomic E-state index is 11.9. The number of carbonyl (C=O) groups is 1. The summed E-state index contributed by atoms with van der Waals surface area (Å²) < 4.78 is 1.75. The lowest BCUT2D eigenvalue weighted by Gasteiger charge is -2.09. The normalized spacial score (nSPS) is 12.2. The lowest BCUT2D eigenvalue weighted by atomic mass is 10.2. The molecule has 0 aliphatic heterocycles. The lowest BCUT2D eigenvalue weighted by Crippen LogP contribution is -2.32. The Morgan fingerprint density at radius 2 is 2.26 bits per heavy atom. The highest BCUT2D eigenvalue weighted by atomic mass is 16.1. The van der Waals surface area contributed by atoms with Crippen molar-refractivity contribution in [3.05, 3.63) is 42.1 Å². The average molecular weight is 258 g/mol. The molecule has 0 bridgehead atoms. The maximum Gasteiger partial charge on any atom is 0.271 e. The fourth-order valence-corrected chi connectivity index (χ4v) is 1.64. The Morgan fingerprint density at radius 3 is 2.95 bits per heavy atom. The van der Waals surface area contributed by atoms with Crippen LogP contribution in [0.25, 0.3) is 5.82 Å². The van der Waals surface area contributed by atoms with Crippen molar-refractivity contribution in [3.63, 3.8) is 0 Å². The van der Waals surface area contributed by atoms with Crippen LogP contribution in [0.2, 0.25) is 0 Å². The summed E-state index contributed by atoms with van der Waals surface area (Å²) in [4.78, 5) is 20.4. The third-order valence-electron chi connectivity index (χ3n) is 2.94. The number of rotatable bonds is 4. The molecule has 0 saturated carbocycles. The molecule has 100 valence electrons. The highest BCUT2D eigenvalue weighted by molar-refractivity contribution is 5.92. The van der Waals surface area contributed by atoms with Crippen molar-refractivity contribution in [1.82, 2.24) is 19.9 Å². The van der Waals surface area contributed by atoms with Crippen molar-refractivity contribution in [2.75, 3.05) is 0 Å². The van der Waals surface area contributed by atoms with Gasteiger partial charge < -0.3 is 5.32 Å². The van der Waals surface area contributed by atoms with E-state index >= 15 is 0 Å². The molecule has 0 aromatic carbocycles. The number of aromatic nitrogens is 3. The molecule has 1 amide bonds. The minimum Gasteiger partial charge on any atom is -0.348 e. The molecule has 0 saturated heterocycles. The van der Waals surface area contributed by atoms with Crippen LogP contribution in [0.1, 0.15) is 36.5 Å². The summed E-state index contributed by atoms with van der Waals surface area (Å²) in [7, 11) is 0. The number of nitrogens with one attached hydrogen (secondary N) is 1. The molecular weight excluding hydrogens is 240 g/mol. The lowest BCUT2D eigenvalue weighted by molar-refractivity contribution is 0.0934. The summed E-state index contributed by atoms with van der Waals surface area (Å²) >= 11 is 0. The summed E-state index contributed by atoms with van der Waals surface area (Å²) in [6.07, 6.45) is 4.19. The molecule has 2 aromatic heterocycles. The molecule has 5 nitrogen and oxygen atoms in total. The van der Waals surface area contributed by atoms with Crippen molar-refractivity contribution < 1.29 is 4.79 Å². The van der Waals surface area contributed by atoms with E-state index in [1.807, 2.05) is 39.0 Å². The van der Waals surface area contributed by atoms with Gasteiger partial charge in [0.05, 0.1) is 0 Å². The van der Waals surface area contributed by atoms with Crippen LogP contribution in [0.5, 0.6) is 0 Å². The van der Waals surface area contributed by atoms with Crippen LogP contribution in [-0.2, 0) is 0 Å². The fourth-order valence-electron chi connectivity index (χ4n) is 1.64. The van der Waals surface area contributed by atoms with E-state index in [0.717, 1.165) is 17.9 Å². The first-order valence-corrected chi connectivity index (χ1v) is 6.39. The van der Waals surface area contributed by atoms with Crippen molar-refractivity contribution in [1.29, 1.82) is 0 Å². The Kier molecular flexibility index (Phi) is 3.94. The van der Waals surface area contributed by atoms with Crippen molar-refractivity contribution in [2.24, 2.45) is 0 Å². The third-order valence-corrected chi connectivity index (χ3v) is 2.94. The largest absolute Gasteiger partial charge is 0.348 e. The van der Waals surface area contributed by atoms with Crippen LogP contribution < -0.4 is 5.32 Å². The number of imidazole rings is 1. The Bertz CT molecular complexity index is 576. The van der Waals surface area contributed by atoms with Gasteiger partial charge in [-0.1, -0.05) is 13.0 Å². The second-order valence-electron chi connectivity index (χ2n) is 4.59. The summed E-state index contributed by atoms with van der Waals surface area (Å²) in [5.74, 6) is 0.607. The van der Waals surface area contributed by atoms with Gasteiger partial charge in [0.1, 0.15) is 17.8 Å². The van der Waals surface area contributed by atoms with Gasteiger partial charge in [-0.25, -0.2) is 9.97 Å². The van der Waals surface area contributed by atoms with Gasteiger partial charge in [-0.3, -0.25) is 9.36 Å². The number of pyridine rings is 1. The Hall–Kier alpha value is -2.17. The second-order valence-corrected chi connectivity index (χ2v) is 4.59. The monoisotopic (exact) mass is 258 g/mol. The molecule has 2 aromatic rings. The molecular formula is C14H18N4O. The number of hydrogen-bond donors (Lipinski definition) is 1. The van der Waals surface area contributed by atoms with Crippen LogP contribution >= 0.6 is 0 Å². The molecule has 19 heavy (non-hydrogen) atoms. The quantitative estimate of drug-likeness (QED) is 0.913. The molecule has 2 heterocycles. The van der Waals surface area contributed by atoms with E-state index < -0.39 is 0 Å². The SMILES string of the molecule is CC[C@H](C)NC(=O)c1cn(-c2cccc(C)n2)cn1. The smallest absolute Gasteiger partial charge is 0.271 e. The van der Waals surface area contributed by atoms with Crippen LogP contribution in [-0.4, -0.2) is 26.5 Å². The molecule has 0 radical (unpaired) electrons. The summed E-state index contributed by atoms with van der Waals surface area (Å²) in [6, 6.07) is 5.88. The second kappa shape index (κ2) is 5.65. The van der Waals surface area contributed by atoms with Crippen LogP contribution in [0.15, 0.2) is 30.7 Å². The summed E-state index contributed by atoms with van der Waals surface area (Å²) in [5, 5.41) is 2.89. The highest BCUT2D eigenvalue weighted by Crippen LogP contribution is 2.07. The molecule has 0 aliphatic rings. The van der Waals surface area contributed by atoms with Crippen LogP contribution in [0, 0.1) is 6.92 Å². The minimum atomic E-state index is -0.152. The van der Waals surface area contributed by atoms with E-state index in [1.165, 1.54) is 0 Å². The van der Waals surface area contributed by atoms with E-state index in [-0.39, 0.29) is 11.9 Å². The van der Waals surface area contributed by atoms with Crippen molar-refractivity contribution >= 4 is 5.91 Å². The number of amides is 1. The van der Waals surface area contributed by atoms with Gasteiger partial charge in [-0.2, -0.15) is 0 Å². The minimum absolute atomic E-state index is 0.148. The molecule has 1 N–H and O–H groups in total. The van der Waals surface area contributed by atoms with E-state index in [9.17, 15) is 4.79 Å². The van der Waals surface area contributed by atoms with Gasteiger partial charge in [-0.15, -0.1) is 0 Å². The standard InChI is InChI=1S/C14H18N4O/c1-4-10(2)17-14(19)12-8-18(9-15-12)13-7-5-6-11(3)16-13/h5-10H,4H2,1-3H3,(H,17,19)/t10-/m0/s1. The van der Waals surface area contributed by atoms with E-state index in [0.29, 0.717) is 5.69 Å². The maximum absolute atomic E-state index is 11.9. The van der Waals surface area contributed by atoms with Gasteiger partial charge in [0, 0.05) is 17.9 Å². The number of nitrogens with zero attached hydrogens (tertiary/aromatic N) is 3. The summed E-state index contributed by atoms with van der Waals surface area (Å²) in [5.41, 5.74) is 1.33. The third kappa shape index (κ3) is 3.19. The first-order valence-electron chi connectivity index (χ1n) is 6.39. The van der Waals surface area contributed by atoms with E-state index in [1.54, 1.807) is 17.1 Å². The van der Waals surface area contributed by atoms with E-state index in [2.05, 4.69) is 15.3 Å². The molecule has 0 aliphatic carbocycles. The molecule has 0 spiro atoms. The molecule has 2 rings (SSSR count). The number of hydrogen-bond acceptors (Lipinski definition) is 3. The van der Waals surface area contributed by atoms with Gasteiger partial charge in [-0.05, 0) is 32.4 Å². The van der Waals surface area contributed by atoms with Gasteiger partial charge in [0.2, 0.25) is 0 Å².